The number of rotatable bonds is 3. The fourth-order valence-corrected chi connectivity index (χ4v) is 2.39. The summed E-state index contributed by atoms with van der Waals surface area (Å²) in [5.74, 6) is 1.19. The highest BCUT2D eigenvalue weighted by Gasteiger charge is 2.39. The van der Waals surface area contributed by atoms with Crippen molar-refractivity contribution in [3.05, 3.63) is 24.5 Å². The van der Waals surface area contributed by atoms with E-state index in [0.29, 0.717) is 17.4 Å². The van der Waals surface area contributed by atoms with Crippen LogP contribution in [0, 0.1) is 0 Å². The van der Waals surface area contributed by atoms with Crippen molar-refractivity contribution in [2.45, 2.75) is 31.7 Å². The highest BCUT2D eigenvalue weighted by Crippen LogP contribution is 2.33. The minimum Gasteiger partial charge on any atom is -0.337 e. The predicted octanol–water partition coefficient (Wildman–Crippen LogP) is 1.52. The smallest absolute Gasteiger partial charge is 0.247 e. The van der Waals surface area contributed by atoms with Crippen LogP contribution in [0.2, 0.25) is 0 Å². The van der Waals surface area contributed by atoms with E-state index in [4.69, 9.17) is 4.52 Å². The van der Waals surface area contributed by atoms with Gasteiger partial charge < -0.3 is 9.84 Å². The van der Waals surface area contributed by atoms with Crippen LogP contribution in [0.1, 0.15) is 32.1 Å². The molecule has 0 radical (unpaired) electrons. The summed E-state index contributed by atoms with van der Waals surface area (Å²) in [5.41, 5.74) is 0.530. The van der Waals surface area contributed by atoms with E-state index in [0.717, 1.165) is 25.8 Å². The fourth-order valence-electron chi connectivity index (χ4n) is 2.39. The molecule has 0 bridgehead atoms. The Hall–Kier alpha value is -1.82. The molecule has 2 aromatic heterocycles. The maximum Gasteiger partial charge on any atom is 0.247 e. The van der Waals surface area contributed by atoms with E-state index in [1.54, 1.807) is 12.3 Å². The Morgan fingerprint density at radius 3 is 3.11 bits per heavy atom. The summed E-state index contributed by atoms with van der Waals surface area (Å²) < 4.78 is 5.41. The zero-order chi connectivity index (χ0) is 12.4. The predicted molar refractivity (Wildman–Crippen MR) is 64.5 cm³/mol. The second kappa shape index (κ2) is 4.45. The van der Waals surface area contributed by atoms with E-state index in [-0.39, 0.29) is 5.54 Å². The van der Waals surface area contributed by atoms with Crippen molar-refractivity contribution in [1.82, 2.24) is 25.4 Å². The van der Waals surface area contributed by atoms with Gasteiger partial charge in [-0.15, -0.1) is 0 Å². The van der Waals surface area contributed by atoms with Gasteiger partial charge in [-0.3, -0.25) is 0 Å². The zero-order valence-electron chi connectivity index (χ0n) is 10.3. The lowest BCUT2D eigenvalue weighted by molar-refractivity contribution is 0.250. The van der Waals surface area contributed by atoms with Crippen LogP contribution in [-0.2, 0) is 5.54 Å². The molecule has 1 aliphatic heterocycles. The monoisotopic (exact) mass is 245 g/mol. The lowest BCUT2D eigenvalue weighted by Gasteiger charge is -2.22. The van der Waals surface area contributed by atoms with Gasteiger partial charge in [-0.2, -0.15) is 4.98 Å². The van der Waals surface area contributed by atoms with Gasteiger partial charge in [0.1, 0.15) is 12.0 Å². The van der Waals surface area contributed by atoms with Crippen molar-refractivity contribution in [3.63, 3.8) is 0 Å². The van der Waals surface area contributed by atoms with Crippen molar-refractivity contribution in [2.75, 3.05) is 6.54 Å². The minimum absolute atomic E-state index is 0.154. The topological polar surface area (TPSA) is 76.7 Å². The number of aromatic nitrogens is 4. The van der Waals surface area contributed by atoms with Gasteiger partial charge in [0.2, 0.25) is 11.7 Å². The molecule has 0 amide bonds. The standard InChI is InChI=1S/C12H15N5O/c1-2-12(5-3-6-15-12)11-16-10(17-18-11)9-4-7-13-8-14-9/h4,7-8,15H,2-3,5-6H2,1H3. The third-order valence-corrected chi connectivity index (χ3v) is 3.49. The van der Waals surface area contributed by atoms with E-state index in [1.165, 1.54) is 6.33 Å². The molecule has 1 N–H and O–H groups in total. The van der Waals surface area contributed by atoms with E-state index < -0.39 is 0 Å². The van der Waals surface area contributed by atoms with Gasteiger partial charge in [0.05, 0.1) is 5.54 Å². The lowest BCUT2D eigenvalue weighted by atomic mass is 9.94. The first-order valence-corrected chi connectivity index (χ1v) is 6.20. The zero-order valence-corrected chi connectivity index (χ0v) is 10.3. The molecule has 1 unspecified atom stereocenters. The Morgan fingerprint density at radius 2 is 2.44 bits per heavy atom. The van der Waals surface area contributed by atoms with E-state index in [1.807, 2.05) is 0 Å². The van der Waals surface area contributed by atoms with Crippen LogP contribution in [0.15, 0.2) is 23.1 Å². The van der Waals surface area contributed by atoms with Crippen LogP contribution < -0.4 is 5.32 Å². The average Bonchev–Trinajstić information content (AvgIpc) is 3.09. The SMILES string of the molecule is CCC1(c2nc(-c3ccncn3)no2)CCCN1. The summed E-state index contributed by atoms with van der Waals surface area (Å²) in [6.07, 6.45) is 6.27. The Bertz CT molecular complexity index is 518. The van der Waals surface area contributed by atoms with Crippen molar-refractivity contribution in [2.24, 2.45) is 0 Å². The van der Waals surface area contributed by atoms with Gasteiger partial charge in [-0.25, -0.2) is 9.97 Å². The summed E-state index contributed by atoms with van der Waals surface area (Å²) >= 11 is 0. The third-order valence-electron chi connectivity index (χ3n) is 3.49. The van der Waals surface area contributed by atoms with Crippen LogP contribution >= 0.6 is 0 Å². The summed E-state index contributed by atoms with van der Waals surface area (Å²) in [6.45, 7) is 3.13. The van der Waals surface area contributed by atoms with Crippen LogP contribution in [0.5, 0.6) is 0 Å². The van der Waals surface area contributed by atoms with Crippen molar-refractivity contribution >= 4 is 0 Å². The number of nitrogens with zero attached hydrogens (tertiary/aromatic N) is 4. The largest absolute Gasteiger partial charge is 0.337 e. The first-order valence-electron chi connectivity index (χ1n) is 6.20. The first-order chi connectivity index (χ1) is 8.84. The summed E-state index contributed by atoms with van der Waals surface area (Å²) in [4.78, 5) is 12.5. The molecule has 3 heterocycles. The highest BCUT2D eigenvalue weighted by molar-refractivity contribution is 5.46. The van der Waals surface area contributed by atoms with E-state index in [2.05, 4.69) is 32.3 Å². The van der Waals surface area contributed by atoms with E-state index >= 15 is 0 Å². The first kappa shape index (κ1) is 11.3. The molecule has 0 aromatic carbocycles. The van der Waals surface area contributed by atoms with Crippen LogP contribution in [0.25, 0.3) is 11.5 Å². The molecule has 18 heavy (non-hydrogen) atoms. The molecule has 0 spiro atoms. The number of hydrogen-bond acceptors (Lipinski definition) is 6. The average molecular weight is 245 g/mol. The Balaban J connectivity index is 1.94. The van der Waals surface area contributed by atoms with Crippen molar-refractivity contribution < 1.29 is 4.52 Å². The summed E-state index contributed by atoms with van der Waals surface area (Å²) in [5, 5.41) is 7.48. The van der Waals surface area contributed by atoms with Gasteiger partial charge in [0, 0.05) is 6.20 Å². The van der Waals surface area contributed by atoms with Gasteiger partial charge in [0.25, 0.3) is 0 Å². The Kier molecular flexibility index (Phi) is 2.79. The molecule has 3 rings (SSSR count). The molecule has 94 valence electrons. The molecule has 6 nitrogen and oxygen atoms in total. The molecule has 1 atom stereocenters. The molecule has 1 saturated heterocycles. The molecule has 0 aliphatic carbocycles. The van der Waals surface area contributed by atoms with Crippen molar-refractivity contribution in [1.29, 1.82) is 0 Å². The normalized spacial score (nSPS) is 23.4. The molecular formula is C12H15N5O. The van der Waals surface area contributed by atoms with Gasteiger partial charge in [-0.05, 0) is 31.9 Å². The maximum atomic E-state index is 5.41. The van der Waals surface area contributed by atoms with Gasteiger partial charge in [0.15, 0.2) is 0 Å². The molecule has 0 saturated carbocycles. The van der Waals surface area contributed by atoms with Gasteiger partial charge in [-0.1, -0.05) is 12.1 Å². The second-order valence-corrected chi connectivity index (χ2v) is 4.48. The van der Waals surface area contributed by atoms with Crippen LogP contribution in [0.3, 0.4) is 0 Å². The van der Waals surface area contributed by atoms with Crippen LogP contribution in [0.4, 0.5) is 0 Å². The highest BCUT2D eigenvalue weighted by atomic mass is 16.5. The molecular weight excluding hydrogens is 230 g/mol. The molecule has 6 heteroatoms. The lowest BCUT2D eigenvalue weighted by Crippen LogP contribution is -2.36. The van der Waals surface area contributed by atoms with Crippen LogP contribution in [-0.4, -0.2) is 26.7 Å². The molecule has 1 fully saturated rings. The fraction of sp³-hybridized carbons (Fsp3) is 0.500. The third kappa shape index (κ3) is 1.78. The minimum atomic E-state index is -0.154. The Morgan fingerprint density at radius 1 is 1.50 bits per heavy atom. The number of nitrogens with one attached hydrogen (secondary N) is 1. The van der Waals surface area contributed by atoms with Gasteiger partial charge >= 0.3 is 0 Å². The summed E-state index contributed by atoms with van der Waals surface area (Å²) in [6, 6.07) is 1.77. The quantitative estimate of drug-likeness (QED) is 0.883. The second-order valence-electron chi connectivity index (χ2n) is 4.48. The maximum absolute atomic E-state index is 5.41. The van der Waals surface area contributed by atoms with E-state index in [9.17, 15) is 0 Å². The molecule has 1 aliphatic rings. The van der Waals surface area contributed by atoms with Crippen molar-refractivity contribution in [3.8, 4) is 11.5 Å². The molecule has 2 aromatic rings. The number of hydrogen-bond donors (Lipinski definition) is 1. The summed E-state index contributed by atoms with van der Waals surface area (Å²) in [7, 11) is 0. The Labute approximate surface area is 105 Å².